The molecule has 0 saturated heterocycles. The molecule has 106 valence electrons. The van der Waals surface area contributed by atoms with Gasteiger partial charge in [0.15, 0.2) is 11.5 Å². The monoisotopic (exact) mass is 293 g/mol. The van der Waals surface area contributed by atoms with Crippen molar-refractivity contribution in [3.63, 3.8) is 0 Å². The third-order valence-electron chi connectivity index (χ3n) is 3.16. The molecule has 0 aromatic heterocycles. The lowest BCUT2D eigenvalue weighted by Gasteiger charge is -2.15. The lowest BCUT2D eigenvalue weighted by molar-refractivity contribution is 0.363. The van der Waals surface area contributed by atoms with Crippen LogP contribution in [0.25, 0.3) is 0 Å². The second-order valence-electron chi connectivity index (χ2n) is 4.60. The van der Waals surface area contributed by atoms with Crippen LogP contribution in [-0.4, -0.2) is 15.3 Å². The average molecular weight is 294 g/mol. The number of hydrogen-bond donors (Lipinski definition) is 4. The standard InChI is InChI=1S/C15H16ClNO3/c1-9(10-3-2-4-12(16)7-10)17-8-11-5-6-13(18)15(20)14(11)19/h2-7,9,17-20H,8H2,1H3/t9-/m0/s1. The van der Waals surface area contributed by atoms with E-state index in [0.29, 0.717) is 17.1 Å². The van der Waals surface area contributed by atoms with Crippen molar-refractivity contribution in [1.82, 2.24) is 5.32 Å². The number of halogens is 1. The van der Waals surface area contributed by atoms with Gasteiger partial charge >= 0.3 is 0 Å². The van der Waals surface area contributed by atoms with Crippen molar-refractivity contribution in [2.75, 3.05) is 0 Å². The quantitative estimate of drug-likeness (QED) is 0.653. The van der Waals surface area contributed by atoms with E-state index in [1.165, 1.54) is 6.07 Å². The molecule has 2 aromatic rings. The van der Waals surface area contributed by atoms with Gasteiger partial charge in [-0.25, -0.2) is 0 Å². The summed E-state index contributed by atoms with van der Waals surface area (Å²) in [5.74, 6) is -1.15. The SMILES string of the molecule is C[C@H](NCc1ccc(O)c(O)c1O)c1cccc(Cl)c1. The Hall–Kier alpha value is -1.91. The lowest BCUT2D eigenvalue weighted by atomic mass is 10.1. The van der Waals surface area contributed by atoms with Gasteiger partial charge in [-0.1, -0.05) is 29.8 Å². The van der Waals surface area contributed by atoms with Gasteiger partial charge in [0.25, 0.3) is 0 Å². The highest BCUT2D eigenvalue weighted by molar-refractivity contribution is 6.30. The average Bonchev–Trinajstić information content (AvgIpc) is 2.44. The first-order valence-electron chi connectivity index (χ1n) is 6.20. The zero-order valence-corrected chi connectivity index (χ0v) is 11.7. The molecule has 0 bridgehead atoms. The molecular formula is C15H16ClNO3. The van der Waals surface area contributed by atoms with Crippen molar-refractivity contribution in [2.45, 2.75) is 19.5 Å². The second-order valence-corrected chi connectivity index (χ2v) is 5.04. The first-order chi connectivity index (χ1) is 9.49. The van der Waals surface area contributed by atoms with E-state index < -0.39 is 5.75 Å². The van der Waals surface area contributed by atoms with Gasteiger partial charge in [0, 0.05) is 23.2 Å². The number of aromatic hydroxyl groups is 3. The molecule has 4 N–H and O–H groups in total. The van der Waals surface area contributed by atoms with Crippen molar-refractivity contribution in [3.8, 4) is 17.2 Å². The molecule has 0 aliphatic rings. The molecule has 4 nitrogen and oxygen atoms in total. The Morgan fingerprint density at radius 2 is 1.85 bits per heavy atom. The van der Waals surface area contributed by atoms with Gasteiger partial charge in [-0.05, 0) is 30.7 Å². The molecule has 0 heterocycles. The highest BCUT2D eigenvalue weighted by Gasteiger charge is 2.12. The van der Waals surface area contributed by atoms with Crippen LogP contribution in [0.1, 0.15) is 24.1 Å². The third kappa shape index (κ3) is 3.15. The Balaban J connectivity index is 2.07. The van der Waals surface area contributed by atoms with E-state index in [2.05, 4.69) is 5.32 Å². The minimum absolute atomic E-state index is 0.0315. The Morgan fingerprint density at radius 1 is 1.10 bits per heavy atom. The van der Waals surface area contributed by atoms with Gasteiger partial charge in [-0.2, -0.15) is 0 Å². The number of phenolic OH excluding ortho intramolecular Hbond substituents is 3. The van der Waals surface area contributed by atoms with Crippen molar-refractivity contribution in [3.05, 3.63) is 52.5 Å². The van der Waals surface area contributed by atoms with Crippen LogP contribution in [0.3, 0.4) is 0 Å². The maximum absolute atomic E-state index is 9.73. The van der Waals surface area contributed by atoms with Crippen LogP contribution in [0.5, 0.6) is 17.2 Å². The fourth-order valence-corrected chi connectivity index (χ4v) is 2.11. The van der Waals surface area contributed by atoms with Crippen LogP contribution < -0.4 is 5.32 Å². The van der Waals surface area contributed by atoms with Gasteiger partial charge in [-0.3, -0.25) is 0 Å². The highest BCUT2D eigenvalue weighted by Crippen LogP contribution is 2.37. The van der Waals surface area contributed by atoms with Crippen LogP contribution in [0.4, 0.5) is 0 Å². The van der Waals surface area contributed by atoms with Crippen molar-refractivity contribution >= 4 is 11.6 Å². The first-order valence-corrected chi connectivity index (χ1v) is 6.58. The van der Waals surface area contributed by atoms with E-state index >= 15 is 0 Å². The molecule has 0 saturated carbocycles. The molecule has 20 heavy (non-hydrogen) atoms. The second kappa shape index (κ2) is 6.03. The number of hydrogen-bond acceptors (Lipinski definition) is 4. The van der Waals surface area contributed by atoms with Gasteiger partial charge in [0.05, 0.1) is 0 Å². The van der Waals surface area contributed by atoms with Crippen LogP contribution in [0.2, 0.25) is 5.02 Å². The zero-order chi connectivity index (χ0) is 14.7. The van der Waals surface area contributed by atoms with Gasteiger partial charge in [0.1, 0.15) is 0 Å². The molecule has 0 spiro atoms. The molecule has 1 atom stereocenters. The predicted molar refractivity (Wildman–Crippen MR) is 78.1 cm³/mol. The molecule has 0 aliphatic carbocycles. The fourth-order valence-electron chi connectivity index (χ4n) is 1.91. The summed E-state index contributed by atoms with van der Waals surface area (Å²) in [5, 5.41) is 32.3. The van der Waals surface area contributed by atoms with Crippen LogP contribution in [-0.2, 0) is 6.54 Å². The summed E-state index contributed by atoms with van der Waals surface area (Å²) < 4.78 is 0. The Kier molecular flexibility index (Phi) is 4.37. The molecule has 0 aliphatic heterocycles. The van der Waals surface area contributed by atoms with E-state index in [1.54, 1.807) is 6.07 Å². The minimum atomic E-state index is -0.500. The lowest BCUT2D eigenvalue weighted by Crippen LogP contribution is -2.18. The fraction of sp³-hybridized carbons (Fsp3) is 0.200. The van der Waals surface area contributed by atoms with Crippen LogP contribution in [0, 0.1) is 0 Å². The molecule has 0 amide bonds. The van der Waals surface area contributed by atoms with Gasteiger partial charge in [0.2, 0.25) is 5.75 Å². The molecular weight excluding hydrogens is 278 g/mol. The number of benzene rings is 2. The summed E-state index contributed by atoms with van der Waals surface area (Å²) in [5.41, 5.74) is 1.54. The maximum Gasteiger partial charge on any atom is 0.200 e. The Bertz CT molecular complexity index is 616. The predicted octanol–water partition coefficient (Wildman–Crippen LogP) is 3.31. The van der Waals surface area contributed by atoms with Crippen LogP contribution >= 0.6 is 11.6 Å². The van der Waals surface area contributed by atoms with Crippen molar-refractivity contribution in [2.24, 2.45) is 0 Å². The van der Waals surface area contributed by atoms with E-state index in [9.17, 15) is 15.3 Å². The first kappa shape index (κ1) is 14.5. The van der Waals surface area contributed by atoms with E-state index in [1.807, 2.05) is 31.2 Å². The summed E-state index contributed by atoms with van der Waals surface area (Å²) in [7, 11) is 0. The summed E-state index contributed by atoms with van der Waals surface area (Å²) in [6.07, 6.45) is 0. The normalized spacial score (nSPS) is 12.3. The minimum Gasteiger partial charge on any atom is -0.504 e. The molecule has 5 heteroatoms. The smallest absolute Gasteiger partial charge is 0.200 e. The van der Waals surface area contributed by atoms with Crippen molar-refractivity contribution < 1.29 is 15.3 Å². The topological polar surface area (TPSA) is 72.7 Å². The highest BCUT2D eigenvalue weighted by atomic mass is 35.5. The summed E-state index contributed by atoms with van der Waals surface area (Å²) in [6.45, 7) is 2.33. The maximum atomic E-state index is 9.73. The number of phenols is 3. The van der Waals surface area contributed by atoms with Crippen LogP contribution in [0.15, 0.2) is 36.4 Å². The molecule has 0 fully saturated rings. The van der Waals surface area contributed by atoms with E-state index in [0.717, 1.165) is 5.56 Å². The number of nitrogens with one attached hydrogen (secondary N) is 1. The molecule has 0 unspecified atom stereocenters. The zero-order valence-electron chi connectivity index (χ0n) is 11.0. The largest absolute Gasteiger partial charge is 0.504 e. The van der Waals surface area contributed by atoms with Gasteiger partial charge in [-0.15, -0.1) is 0 Å². The van der Waals surface area contributed by atoms with E-state index in [-0.39, 0.29) is 17.5 Å². The third-order valence-corrected chi connectivity index (χ3v) is 3.40. The van der Waals surface area contributed by atoms with Crippen molar-refractivity contribution in [1.29, 1.82) is 0 Å². The van der Waals surface area contributed by atoms with E-state index in [4.69, 9.17) is 11.6 Å². The molecule has 0 radical (unpaired) electrons. The Morgan fingerprint density at radius 3 is 2.55 bits per heavy atom. The molecule has 2 aromatic carbocycles. The summed E-state index contributed by atoms with van der Waals surface area (Å²) in [6, 6.07) is 10.4. The van der Waals surface area contributed by atoms with Gasteiger partial charge < -0.3 is 20.6 Å². The number of rotatable bonds is 4. The Labute approximate surface area is 122 Å². The summed E-state index contributed by atoms with van der Waals surface area (Å²) in [4.78, 5) is 0. The molecule has 2 rings (SSSR count). The summed E-state index contributed by atoms with van der Waals surface area (Å²) >= 11 is 5.94.